The second-order valence-electron chi connectivity index (χ2n) is 4.80. The van der Waals surface area contributed by atoms with Crippen molar-refractivity contribution in [2.45, 2.75) is 45.3 Å². The Morgan fingerprint density at radius 2 is 2.44 bits per heavy atom. The van der Waals surface area contributed by atoms with Crippen LogP contribution in [0.15, 0.2) is 16.8 Å². The molecule has 1 fully saturated rings. The molecule has 0 aromatic carbocycles. The molecule has 1 saturated heterocycles. The van der Waals surface area contributed by atoms with Gasteiger partial charge in [0.2, 0.25) is 0 Å². The van der Waals surface area contributed by atoms with Crippen LogP contribution < -0.4 is 5.32 Å². The fourth-order valence-corrected chi connectivity index (χ4v) is 3.29. The van der Waals surface area contributed by atoms with Crippen molar-refractivity contribution in [1.29, 1.82) is 0 Å². The highest BCUT2D eigenvalue weighted by Crippen LogP contribution is 2.26. The summed E-state index contributed by atoms with van der Waals surface area (Å²) >= 11 is 1.80. The van der Waals surface area contributed by atoms with Gasteiger partial charge in [-0.1, -0.05) is 6.92 Å². The van der Waals surface area contributed by atoms with Crippen molar-refractivity contribution >= 4 is 11.3 Å². The van der Waals surface area contributed by atoms with Gasteiger partial charge in [0.15, 0.2) is 0 Å². The van der Waals surface area contributed by atoms with Crippen LogP contribution in [0.5, 0.6) is 0 Å². The zero-order chi connectivity index (χ0) is 11.5. The van der Waals surface area contributed by atoms with Gasteiger partial charge in [-0.25, -0.2) is 0 Å². The summed E-state index contributed by atoms with van der Waals surface area (Å²) in [5.74, 6) is 0. The first-order chi connectivity index (χ1) is 7.72. The summed E-state index contributed by atoms with van der Waals surface area (Å²) in [5, 5.41) is 8.03. The second-order valence-corrected chi connectivity index (χ2v) is 5.58. The Bertz CT molecular complexity index is 310. The molecular weight excluding hydrogens is 216 g/mol. The van der Waals surface area contributed by atoms with Gasteiger partial charge in [0, 0.05) is 31.2 Å². The Morgan fingerprint density at radius 3 is 3.06 bits per heavy atom. The van der Waals surface area contributed by atoms with Crippen molar-refractivity contribution in [3.8, 4) is 0 Å². The minimum atomic E-state index is 0.556. The van der Waals surface area contributed by atoms with E-state index in [0.29, 0.717) is 18.1 Å². The van der Waals surface area contributed by atoms with Crippen molar-refractivity contribution in [3.63, 3.8) is 0 Å². The lowest BCUT2D eigenvalue weighted by atomic mass is 10.0. The van der Waals surface area contributed by atoms with Gasteiger partial charge in [-0.3, -0.25) is 4.90 Å². The first kappa shape index (κ1) is 12.1. The van der Waals surface area contributed by atoms with Crippen LogP contribution in [0.25, 0.3) is 0 Å². The van der Waals surface area contributed by atoms with Gasteiger partial charge < -0.3 is 5.32 Å². The van der Waals surface area contributed by atoms with Gasteiger partial charge in [-0.2, -0.15) is 11.3 Å². The van der Waals surface area contributed by atoms with Crippen molar-refractivity contribution in [3.05, 3.63) is 22.4 Å². The molecule has 3 heteroatoms. The molecule has 1 N–H and O–H groups in total. The average Bonchev–Trinajstić information content (AvgIpc) is 2.81. The molecule has 0 spiro atoms. The van der Waals surface area contributed by atoms with Crippen LogP contribution in [-0.2, 0) is 0 Å². The van der Waals surface area contributed by atoms with Crippen molar-refractivity contribution in [2.75, 3.05) is 13.1 Å². The minimum absolute atomic E-state index is 0.556. The predicted octanol–water partition coefficient (Wildman–Crippen LogP) is 2.88. The summed E-state index contributed by atoms with van der Waals surface area (Å²) in [5.41, 5.74) is 1.47. The molecule has 3 atom stereocenters. The molecule has 1 aliphatic rings. The molecule has 0 bridgehead atoms. The monoisotopic (exact) mass is 238 g/mol. The molecule has 1 aromatic rings. The van der Waals surface area contributed by atoms with E-state index in [4.69, 9.17) is 0 Å². The van der Waals surface area contributed by atoms with Gasteiger partial charge in [-0.05, 0) is 42.7 Å². The first-order valence-corrected chi connectivity index (χ1v) is 7.17. The molecule has 1 aliphatic heterocycles. The van der Waals surface area contributed by atoms with E-state index in [0.717, 1.165) is 13.1 Å². The molecule has 2 heterocycles. The number of piperazine rings is 1. The molecular formula is C13H22N2S. The van der Waals surface area contributed by atoms with Crippen molar-refractivity contribution in [2.24, 2.45) is 0 Å². The Balaban J connectivity index is 2.10. The van der Waals surface area contributed by atoms with Gasteiger partial charge in [-0.15, -0.1) is 0 Å². The average molecular weight is 238 g/mol. The summed E-state index contributed by atoms with van der Waals surface area (Å²) in [4.78, 5) is 2.66. The maximum Gasteiger partial charge on any atom is 0.0332 e. The van der Waals surface area contributed by atoms with Crippen LogP contribution in [0, 0.1) is 0 Å². The fraction of sp³-hybridized carbons (Fsp3) is 0.692. The summed E-state index contributed by atoms with van der Waals surface area (Å²) in [7, 11) is 0. The normalized spacial score (nSPS) is 29.2. The Morgan fingerprint density at radius 1 is 1.62 bits per heavy atom. The molecule has 0 aliphatic carbocycles. The number of thiophene rings is 1. The largest absolute Gasteiger partial charge is 0.311 e. The topological polar surface area (TPSA) is 15.3 Å². The standard InChI is InChI=1S/C13H22N2S/c1-4-13-7-14-10(2)8-15(13)11(3)12-5-6-16-9-12/h5-6,9-11,13-14H,4,7-8H2,1-3H3. The summed E-state index contributed by atoms with van der Waals surface area (Å²) < 4.78 is 0. The minimum Gasteiger partial charge on any atom is -0.311 e. The van der Waals surface area contributed by atoms with E-state index in [2.05, 4.69) is 47.8 Å². The van der Waals surface area contributed by atoms with E-state index in [1.165, 1.54) is 12.0 Å². The summed E-state index contributed by atoms with van der Waals surface area (Å²) in [6, 6.07) is 4.12. The third-order valence-corrected chi connectivity index (χ3v) is 4.35. The van der Waals surface area contributed by atoms with Crippen LogP contribution >= 0.6 is 11.3 Å². The fourth-order valence-electron chi connectivity index (χ4n) is 2.54. The van der Waals surface area contributed by atoms with Crippen LogP contribution in [0.2, 0.25) is 0 Å². The highest BCUT2D eigenvalue weighted by Gasteiger charge is 2.28. The van der Waals surface area contributed by atoms with E-state index in [1.54, 1.807) is 11.3 Å². The second kappa shape index (κ2) is 5.30. The van der Waals surface area contributed by atoms with Crippen LogP contribution in [0.1, 0.15) is 38.8 Å². The van der Waals surface area contributed by atoms with E-state index < -0.39 is 0 Å². The molecule has 3 unspecified atom stereocenters. The number of hydrogen-bond acceptors (Lipinski definition) is 3. The Labute approximate surface area is 103 Å². The highest BCUT2D eigenvalue weighted by atomic mass is 32.1. The van der Waals surface area contributed by atoms with E-state index in [1.807, 2.05) is 0 Å². The molecule has 0 amide bonds. The quantitative estimate of drug-likeness (QED) is 0.871. The number of nitrogens with zero attached hydrogens (tertiary/aromatic N) is 1. The van der Waals surface area contributed by atoms with E-state index in [-0.39, 0.29) is 0 Å². The van der Waals surface area contributed by atoms with Crippen LogP contribution in [0.3, 0.4) is 0 Å². The molecule has 90 valence electrons. The zero-order valence-corrected chi connectivity index (χ0v) is 11.3. The van der Waals surface area contributed by atoms with E-state index >= 15 is 0 Å². The first-order valence-electron chi connectivity index (χ1n) is 6.23. The lowest BCUT2D eigenvalue weighted by Gasteiger charge is -2.42. The number of rotatable bonds is 3. The van der Waals surface area contributed by atoms with Gasteiger partial charge >= 0.3 is 0 Å². The van der Waals surface area contributed by atoms with Crippen LogP contribution in [0.4, 0.5) is 0 Å². The lowest BCUT2D eigenvalue weighted by Crippen LogP contribution is -2.55. The maximum atomic E-state index is 3.57. The summed E-state index contributed by atoms with van der Waals surface area (Å²) in [6.07, 6.45) is 1.23. The third kappa shape index (κ3) is 2.47. The number of hydrogen-bond donors (Lipinski definition) is 1. The molecule has 0 radical (unpaired) electrons. The van der Waals surface area contributed by atoms with Crippen molar-refractivity contribution < 1.29 is 0 Å². The van der Waals surface area contributed by atoms with Gasteiger partial charge in [0.05, 0.1) is 0 Å². The third-order valence-electron chi connectivity index (χ3n) is 3.65. The lowest BCUT2D eigenvalue weighted by molar-refractivity contribution is 0.0907. The Kier molecular flexibility index (Phi) is 4.00. The molecule has 2 rings (SSSR count). The van der Waals surface area contributed by atoms with E-state index in [9.17, 15) is 0 Å². The van der Waals surface area contributed by atoms with Gasteiger partial charge in [0.1, 0.15) is 0 Å². The zero-order valence-electron chi connectivity index (χ0n) is 10.4. The Hall–Kier alpha value is -0.380. The highest BCUT2D eigenvalue weighted by molar-refractivity contribution is 7.07. The molecule has 16 heavy (non-hydrogen) atoms. The predicted molar refractivity (Wildman–Crippen MR) is 71.0 cm³/mol. The van der Waals surface area contributed by atoms with Crippen LogP contribution in [-0.4, -0.2) is 30.1 Å². The molecule has 1 aromatic heterocycles. The smallest absolute Gasteiger partial charge is 0.0332 e. The molecule has 2 nitrogen and oxygen atoms in total. The number of nitrogens with one attached hydrogen (secondary N) is 1. The van der Waals surface area contributed by atoms with Crippen molar-refractivity contribution in [1.82, 2.24) is 10.2 Å². The maximum absolute atomic E-state index is 3.57. The van der Waals surface area contributed by atoms with Gasteiger partial charge in [0.25, 0.3) is 0 Å². The SMILES string of the molecule is CCC1CNC(C)CN1C(C)c1ccsc1. The molecule has 0 saturated carbocycles. The summed E-state index contributed by atoms with van der Waals surface area (Å²) in [6.45, 7) is 9.19.